The molecule has 2 aromatic heterocycles. The maximum atomic E-state index is 12.3. The van der Waals surface area contributed by atoms with Gasteiger partial charge in [-0.1, -0.05) is 6.07 Å². The Hall–Kier alpha value is -1.12. The Bertz CT molecular complexity index is 688. The first-order valence-corrected chi connectivity index (χ1v) is 9.54. The van der Waals surface area contributed by atoms with Gasteiger partial charge in [-0.05, 0) is 42.2 Å². The molecular weight excluding hydrogens is 314 g/mol. The van der Waals surface area contributed by atoms with Crippen molar-refractivity contribution in [3.63, 3.8) is 0 Å². The van der Waals surface area contributed by atoms with E-state index in [0.717, 1.165) is 30.8 Å². The van der Waals surface area contributed by atoms with Crippen LogP contribution in [0.15, 0.2) is 22.4 Å². The summed E-state index contributed by atoms with van der Waals surface area (Å²) in [5, 5.41) is 5.51. The third-order valence-electron chi connectivity index (χ3n) is 3.16. The first-order valence-electron chi connectivity index (χ1n) is 6.34. The van der Waals surface area contributed by atoms with E-state index < -0.39 is 9.84 Å². The molecule has 0 saturated heterocycles. The van der Waals surface area contributed by atoms with Crippen LogP contribution >= 0.6 is 22.9 Å². The van der Waals surface area contributed by atoms with E-state index in [-0.39, 0.29) is 16.0 Å². The molecular formula is C12H15N3O2S3. The largest absolute Gasteiger partial charge is 0.382 e. The van der Waals surface area contributed by atoms with Gasteiger partial charge in [-0.25, -0.2) is 8.42 Å². The minimum atomic E-state index is -3.30. The van der Waals surface area contributed by atoms with Gasteiger partial charge in [-0.15, -0.1) is 11.3 Å². The van der Waals surface area contributed by atoms with Gasteiger partial charge in [0.2, 0.25) is 0 Å². The number of nitrogen functional groups attached to an aromatic ring is 1. The highest BCUT2D eigenvalue weighted by Gasteiger charge is 2.40. The summed E-state index contributed by atoms with van der Waals surface area (Å²) >= 11 is 2.82. The molecule has 3 rings (SSSR count). The number of sulfone groups is 1. The quantitative estimate of drug-likeness (QED) is 0.850. The average Bonchev–Trinajstić information content (AvgIpc) is 3.03. The van der Waals surface area contributed by atoms with Crippen molar-refractivity contribution >= 4 is 43.5 Å². The number of anilines is 2. The topological polar surface area (TPSA) is 85.1 Å². The van der Waals surface area contributed by atoms with E-state index in [1.807, 2.05) is 11.4 Å². The van der Waals surface area contributed by atoms with Crippen molar-refractivity contribution in [3.05, 3.63) is 22.4 Å². The highest BCUT2D eigenvalue weighted by molar-refractivity contribution is 7.92. The second-order valence-corrected chi connectivity index (χ2v) is 8.70. The summed E-state index contributed by atoms with van der Waals surface area (Å²) in [6.07, 6.45) is 2.32. The molecule has 0 amide bonds. The van der Waals surface area contributed by atoms with E-state index in [1.54, 1.807) is 11.3 Å². The first kappa shape index (κ1) is 13.8. The number of nitrogens with one attached hydrogen (secondary N) is 1. The number of nitrogens with zero attached hydrogens (tertiary/aromatic N) is 1. The van der Waals surface area contributed by atoms with E-state index in [0.29, 0.717) is 11.5 Å². The van der Waals surface area contributed by atoms with Crippen molar-refractivity contribution in [1.82, 2.24) is 4.37 Å². The molecule has 0 aliphatic heterocycles. The zero-order valence-corrected chi connectivity index (χ0v) is 13.2. The van der Waals surface area contributed by atoms with Crippen LogP contribution in [-0.2, 0) is 16.3 Å². The smallest absolute Gasteiger partial charge is 0.187 e. The predicted octanol–water partition coefficient (Wildman–Crippen LogP) is 2.38. The molecule has 20 heavy (non-hydrogen) atoms. The Balaban J connectivity index is 1.74. The van der Waals surface area contributed by atoms with Gasteiger partial charge in [0, 0.05) is 11.4 Å². The van der Waals surface area contributed by atoms with Gasteiger partial charge in [0.05, 0.1) is 5.25 Å². The molecule has 0 aromatic carbocycles. The molecule has 0 atom stereocenters. The number of hydrogen-bond donors (Lipinski definition) is 2. The lowest BCUT2D eigenvalue weighted by Gasteiger charge is -2.07. The third kappa shape index (κ3) is 2.68. The molecule has 1 aliphatic rings. The van der Waals surface area contributed by atoms with E-state index >= 15 is 0 Å². The van der Waals surface area contributed by atoms with Crippen LogP contribution in [0.4, 0.5) is 10.8 Å². The Morgan fingerprint density at radius 2 is 2.25 bits per heavy atom. The highest BCUT2D eigenvalue weighted by Crippen LogP contribution is 2.40. The molecule has 108 valence electrons. The molecule has 5 nitrogen and oxygen atoms in total. The van der Waals surface area contributed by atoms with Crippen molar-refractivity contribution in [3.8, 4) is 0 Å². The lowest BCUT2D eigenvalue weighted by molar-refractivity contribution is 0.595. The molecule has 2 heterocycles. The fourth-order valence-electron chi connectivity index (χ4n) is 1.98. The van der Waals surface area contributed by atoms with Gasteiger partial charge in [0.25, 0.3) is 0 Å². The van der Waals surface area contributed by atoms with Crippen LogP contribution in [0.1, 0.15) is 17.7 Å². The van der Waals surface area contributed by atoms with Crippen LogP contribution in [0.5, 0.6) is 0 Å². The minimum Gasteiger partial charge on any atom is -0.382 e. The maximum absolute atomic E-state index is 12.3. The molecule has 3 N–H and O–H groups in total. The van der Waals surface area contributed by atoms with E-state index in [2.05, 4.69) is 15.8 Å². The van der Waals surface area contributed by atoms with Crippen molar-refractivity contribution in [1.29, 1.82) is 0 Å². The highest BCUT2D eigenvalue weighted by atomic mass is 32.2. The molecule has 2 aromatic rings. The molecule has 8 heteroatoms. The Kier molecular flexibility index (Phi) is 3.70. The van der Waals surface area contributed by atoms with Crippen LogP contribution in [0.25, 0.3) is 0 Å². The summed E-state index contributed by atoms with van der Waals surface area (Å²) in [4.78, 5) is 1.47. The summed E-state index contributed by atoms with van der Waals surface area (Å²) in [6, 6.07) is 4.07. The van der Waals surface area contributed by atoms with Crippen LogP contribution in [0.2, 0.25) is 0 Å². The lowest BCUT2D eigenvalue weighted by Crippen LogP contribution is -2.12. The van der Waals surface area contributed by atoms with Crippen molar-refractivity contribution in [2.75, 3.05) is 17.6 Å². The Morgan fingerprint density at radius 1 is 1.45 bits per heavy atom. The van der Waals surface area contributed by atoms with Gasteiger partial charge in [0.1, 0.15) is 9.90 Å². The SMILES string of the molecule is Nc1nsc(NCCc2cccs2)c1S(=O)(=O)C1CC1. The number of aromatic nitrogens is 1. The molecule has 0 spiro atoms. The zero-order chi connectivity index (χ0) is 14.2. The van der Waals surface area contributed by atoms with Gasteiger partial charge >= 0.3 is 0 Å². The van der Waals surface area contributed by atoms with Crippen LogP contribution in [0.3, 0.4) is 0 Å². The molecule has 0 radical (unpaired) electrons. The molecule has 0 unspecified atom stereocenters. The lowest BCUT2D eigenvalue weighted by atomic mass is 10.3. The monoisotopic (exact) mass is 329 g/mol. The standard InChI is InChI=1S/C12H15N3O2S3/c13-11-10(20(16,17)9-3-4-9)12(19-15-11)14-6-5-8-2-1-7-18-8/h1-2,7,9,14H,3-6H2,(H2,13,15). The average molecular weight is 329 g/mol. The summed E-state index contributed by atoms with van der Waals surface area (Å²) < 4.78 is 28.7. The molecule has 1 aliphatic carbocycles. The van der Waals surface area contributed by atoms with Crippen molar-refractivity contribution < 1.29 is 8.42 Å². The fourth-order valence-corrected chi connectivity index (χ4v) is 5.60. The van der Waals surface area contributed by atoms with E-state index in [4.69, 9.17) is 5.73 Å². The Morgan fingerprint density at radius 3 is 2.90 bits per heavy atom. The van der Waals surface area contributed by atoms with Crippen molar-refractivity contribution in [2.45, 2.75) is 29.4 Å². The van der Waals surface area contributed by atoms with Crippen LogP contribution in [0, 0.1) is 0 Å². The van der Waals surface area contributed by atoms with Gasteiger partial charge < -0.3 is 11.1 Å². The fraction of sp³-hybridized carbons (Fsp3) is 0.417. The number of rotatable bonds is 6. The van der Waals surface area contributed by atoms with E-state index in [9.17, 15) is 8.42 Å². The second kappa shape index (κ2) is 5.34. The Labute approximate surface area is 125 Å². The van der Waals surface area contributed by atoms with Gasteiger partial charge in [-0.3, -0.25) is 0 Å². The molecule has 1 fully saturated rings. The number of hydrogen-bond acceptors (Lipinski definition) is 7. The molecule has 0 bridgehead atoms. The normalized spacial score (nSPS) is 15.4. The number of thiophene rings is 1. The van der Waals surface area contributed by atoms with Gasteiger partial charge in [-0.2, -0.15) is 4.37 Å². The summed E-state index contributed by atoms with van der Waals surface area (Å²) in [7, 11) is -3.30. The summed E-state index contributed by atoms with van der Waals surface area (Å²) in [5.41, 5.74) is 5.74. The van der Waals surface area contributed by atoms with Crippen LogP contribution < -0.4 is 11.1 Å². The zero-order valence-electron chi connectivity index (χ0n) is 10.7. The summed E-state index contributed by atoms with van der Waals surface area (Å²) in [6.45, 7) is 0.676. The summed E-state index contributed by atoms with van der Waals surface area (Å²) in [5.74, 6) is 0.125. The van der Waals surface area contributed by atoms with Crippen LogP contribution in [-0.4, -0.2) is 24.6 Å². The number of nitrogens with two attached hydrogens (primary N) is 1. The minimum absolute atomic E-state index is 0.125. The van der Waals surface area contributed by atoms with Crippen molar-refractivity contribution in [2.24, 2.45) is 0 Å². The molecule has 1 saturated carbocycles. The van der Waals surface area contributed by atoms with E-state index in [1.165, 1.54) is 4.88 Å². The third-order valence-corrected chi connectivity index (χ3v) is 7.37. The maximum Gasteiger partial charge on any atom is 0.187 e. The van der Waals surface area contributed by atoms with Gasteiger partial charge in [0.15, 0.2) is 15.7 Å². The first-order chi connectivity index (χ1) is 9.59. The second-order valence-electron chi connectivity index (χ2n) is 4.73. The predicted molar refractivity (Wildman–Crippen MR) is 83.2 cm³/mol.